The van der Waals surface area contributed by atoms with Gasteiger partial charge >= 0.3 is 0 Å². The third-order valence-corrected chi connectivity index (χ3v) is 13.8. The van der Waals surface area contributed by atoms with E-state index in [0.717, 1.165) is 84.8 Å². The van der Waals surface area contributed by atoms with E-state index in [9.17, 15) is 8.42 Å². The molecule has 0 unspecified atom stereocenters. The van der Waals surface area contributed by atoms with Crippen molar-refractivity contribution in [3.63, 3.8) is 0 Å². The van der Waals surface area contributed by atoms with E-state index < -0.39 is 21.0 Å². The summed E-state index contributed by atoms with van der Waals surface area (Å²) in [4.78, 5) is 0.360. The van der Waals surface area contributed by atoms with Crippen molar-refractivity contribution in [2.24, 2.45) is 0 Å². The van der Waals surface area contributed by atoms with E-state index in [4.69, 9.17) is 9.47 Å². The van der Waals surface area contributed by atoms with Crippen molar-refractivity contribution in [2.75, 3.05) is 14.2 Å². The lowest BCUT2D eigenvalue weighted by Gasteiger charge is -2.24. The minimum Gasteiger partial charge on any atom is -0.366 e. The predicted molar refractivity (Wildman–Crippen MR) is 210 cm³/mol. The Labute approximate surface area is 300 Å². The lowest BCUT2D eigenvalue weighted by molar-refractivity contribution is 0.0344. The van der Waals surface area contributed by atoms with Gasteiger partial charge in [-0.15, -0.1) is 11.3 Å². The van der Waals surface area contributed by atoms with Gasteiger partial charge in [0.15, 0.2) is 0 Å². The first-order valence-corrected chi connectivity index (χ1v) is 19.8. The van der Waals surface area contributed by atoms with Gasteiger partial charge in [-0.2, -0.15) is 0 Å². The first-order chi connectivity index (χ1) is 24.1. The van der Waals surface area contributed by atoms with Crippen molar-refractivity contribution < 1.29 is 17.9 Å². The van der Waals surface area contributed by atoms with Gasteiger partial charge in [0, 0.05) is 35.4 Å². The second-order valence-electron chi connectivity index (χ2n) is 12.8. The third kappa shape index (κ3) is 6.21. The fraction of sp³-hybridized carbons (Fsp3) is 0.318. The van der Waals surface area contributed by atoms with E-state index in [2.05, 4.69) is 93.8 Å². The van der Waals surface area contributed by atoms with E-state index in [1.807, 2.05) is 31.2 Å². The van der Waals surface area contributed by atoms with Gasteiger partial charge < -0.3 is 9.47 Å². The van der Waals surface area contributed by atoms with Crippen molar-refractivity contribution in [2.45, 2.75) is 87.0 Å². The second-order valence-corrected chi connectivity index (χ2v) is 16.0. The third-order valence-electron chi connectivity index (χ3n) is 10.4. The fourth-order valence-corrected chi connectivity index (χ4v) is 9.98. The summed E-state index contributed by atoms with van der Waals surface area (Å²) in [6.45, 7) is 10.4. The SMILES string of the molecule is CCc1ccccc1S(=O)(=O)c1cc2cc3c(C#CC(CC)(CC)OC)c4cc5ccccc5cc4c(C#CC(CC)(CC)OC)c3cc2s1. The molecule has 0 saturated carbocycles. The van der Waals surface area contributed by atoms with Crippen LogP contribution in [-0.2, 0) is 25.7 Å². The van der Waals surface area contributed by atoms with Crippen LogP contribution in [0.2, 0.25) is 0 Å². The molecule has 0 saturated heterocycles. The van der Waals surface area contributed by atoms with Gasteiger partial charge in [-0.25, -0.2) is 8.42 Å². The molecule has 6 aromatic rings. The highest BCUT2D eigenvalue weighted by molar-refractivity contribution is 7.93. The first-order valence-electron chi connectivity index (χ1n) is 17.5. The van der Waals surface area contributed by atoms with Crippen LogP contribution in [0.4, 0.5) is 0 Å². The first kappa shape index (κ1) is 35.6. The molecule has 0 amide bonds. The molecule has 1 aromatic heterocycles. The van der Waals surface area contributed by atoms with Crippen molar-refractivity contribution in [3.05, 3.63) is 95.6 Å². The minimum absolute atomic E-state index is 0.324. The molecule has 0 aliphatic heterocycles. The van der Waals surface area contributed by atoms with E-state index in [-0.39, 0.29) is 0 Å². The van der Waals surface area contributed by atoms with Crippen LogP contribution >= 0.6 is 11.3 Å². The zero-order chi connectivity index (χ0) is 35.7. The average molecular weight is 701 g/mol. The highest BCUT2D eigenvalue weighted by atomic mass is 32.2. The Balaban J connectivity index is 1.77. The zero-order valence-electron chi connectivity index (χ0n) is 30.0. The molecule has 50 heavy (non-hydrogen) atoms. The van der Waals surface area contributed by atoms with Crippen LogP contribution in [0.25, 0.3) is 42.4 Å². The number of sulfone groups is 1. The minimum atomic E-state index is -3.74. The molecule has 6 heteroatoms. The second kappa shape index (κ2) is 14.2. The Hall–Kier alpha value is -4.17. The molecular formula is C44H44O4S2. The zero-order valence-corrected chi connectivity index (χ0v) is 31.6. The van der Waals surface area contributed by atoms with Crippen LogP contribution in [0.5, 0.6) is 0 Å². The van der Waals surface area contributed by atoms with Gasteiger partial charge in [-0.3, -0.25) is 0 Å². The fourth-order valence-electron chi connectivity index (χ4n) is 6.87. The van der Waals surface area contributed by atoms with E-state index in [0.29, 0.717) is 15.5 Å². The molecule has 0 bridgehead atoms. The molecule has 0 fully saturated rings. The summed E-state index contributed by atoms with van der Waals surface area (Å²) in [6.07, 6.45) is 3.62. The maximum atomic E-state index is 14.1. The lowest BCUT2D eigenvalue weighted by Crippen LogP contribution is -2.27. The van der Waals surface area contributed by atoms with Crippen LogP contribution < -0.4 is 0 Å². The van der Waals surface area contributed by atoms with Crippen LogP contribution in [0.1, 0.15) is 77.0 Å². The lowest BCUT2D eigenvalue weighted by atomic mass is 9.88. The van der Waals surface area contributed by atoms with Crippen molar-refractivity contribution in [1.29, 1.82) is 0 Å². The summed E-state index contributed by atoms with van der Waals surface area (Å²) in [5.74, 6) is 14.3. The Kier molecular flexibility index (Phi) is 10.1. The van der Waals surface area contributed by atoms with E-state index in [1.54, 1.807) is 26.4 Å². The number of methoxy groups -OCH3 is 2. The van der Waals surface area contributed by atoms with Gasteiger partial charge in [0.2, 0.25) is 9.84 Å². The Morgan fingerprint density at radius 3 is 1.56 bits per heavy atom. The molecular weight excluding hydrogens is 657 g/mol. The molecule has 0 spiro atoms. The predicted octanol–water partition coefficient (Wildman–Crippen LogP) is 10.9. The van der Waals surface area contributed by atoms with Gasteiger partial charge in [0.1, 0.15) is 15.4 Å². The molecule has 6 rings (SSSR count). The maximum absolute atomic E-state index is 14.1. The monoisotopic (exact) mass is 700 g/mol. The average Bonchev–Trinajstić information content (AvgIpc) is 3.59. The standard InChI is InChI=1S/C44H44O4S2/c1-8-30-17-15-16-20-41(30)50(45,46)42-28-33-27-38-34(21-23-43(9-2,10-3)47-6)36-25-31-18-13-14-19-32(31)26-37(36)35(39(38)29-40(33)49-42)22-24-44(11-4,12-5)48-7/h13-20,25-29H,8-12H2,1-7H3. The van der Waals surface area contributed by atoms with Crippen LogP contribution in [0.15, 0.2) is 88.0 Å². The van der Waals surface area contributed by atoms with E-state index >= 15 is 0 Å². The summed E-state index contributed by atoms with van der Waals surface area (Å²) in [5, 5.41) is 6.94. The summed E-state index contributed by atoms with van der Waals surface area (Å²) >= 11 is 1.30. The number of aryl methyl sites for hydroxylation is 1. The van der Waals surface area contributed by atoms with E-state index in [1.165, 1.54) is 11.3 Å². The number of rotatable bonds is 9. The number of benzene rings is 5. The Morgan fingerprint density at radius 2 is 1.08 bits per heavy atom. The van der Waals surface area contributed by atoms with Crippen molar-refractivity contribution >= 4 is 63.6 Å². The number of ether oxygens (including phenoxy) is 2. The number of fused-ring (bicyclic) bond motifs is 4. The summed E-state index contributed by atoms with van der Waals surface area (Å²) in [6, 6.07) is 26.1. The highest BCUT2D eigenvalue weighted by Crippen LogP contribution is 2.41. The molecule has 1 heterocycles. The molecule has 256 valence electrons. The quantitative estimate of drug-likeness (QED) is 0.111. The molecule has 4 nitrogen and oxygen atoms in total. The molecule has 0 radical (unpaired) electrons. The van der Waals surface area contributed by atoms with Gasteiger partial charge in [0.25, 0.3) is 0 Å². The van der Waals surface area contributed by atoms with Crippen LogP contribution in [0, 0.1) is 23.7 Å². The smallest absolute Gasteiger partial charge is 0.216 e. The van der Waals surface area contributed by atoms with Gasteiger partial charge in [0.05, 0.1) is 4.90 Å². The van der Waals surface area contributed by atoms with Gasteiger partial charge in [-0.1, -0.05) is 101 Å². The molecule has 0 aliphatic carbocycles. The normalized spacial score (nSPS) is 12.3. The molecule has 0 atom stereocenters. The Bertz CT molecular complexity index is 2320. The summed E-state index contributed by atoms with van der Waals surface area (Å²) in [7, 11) is -0.291. The molecule has 0 N–H and O–H groups in total. The highest BCUT2D eigenvalue weighted by Gasteiger charge is 2.26. The summed E-state index contributed by atoms with van der Waals surface area (Å²) < 4.78 is 41.4. The van der Waals surface area contributed by atoms with Crippen molar-refractivity contribution in [3.8, 4) is 23.7 Å². The topological polar surface area (TPSA) is 52.6 Å². The number of hydrogen-bond donors (Lipinski definition) is 0. The molecule has 0 aliphatic rings. The molecule has 5 aromatic carbocycles. The number of hydrogen-bond acceptors (Lipinski definition) is 5. The van der Waals surface area contributed by atoms with Crippen LogP contribution in [-0.4, -0.2) is 33.8 Å². The maximum Gasteiger partial charge on any atom is 0.216 e. The van der Waals surface area contributed by atoms with Crippen LogP contribution in [0.3, 0.4) is 0 Å². The number of thiophene rings is 1. The Morgan fingerprint density at radius 1 is 0.620 bits per heavy atom. The van der Waals surface area contributed by atoms with Crippen molar-refractivity contribution in [1.82, 2.24) is 0 Å². The van der Waals surface area contributed by atoms with Gasteiger partial charge in [-0.05, 0) is 106 Å². The largest absolute Gasteiger partial charge is 0.366 e. The summed E-state index contributed by atoms with van der Waals surface area (Å²) in [5.41, 5.74) is 1.40.